The van der Waals surface area contributed by atoms with Crippen LogP contribution in [0.1, 0.15) is 44.6 Å². The first-order valence-corrected chi connectivity index (χ1v) is 8.94. The highest BCUT2D eigenvalue weighted by molar-refractivity contribution is 5.69. The molecule has 0 spiro atoms. The molecule has 0 aliphatic carbocycles. The number of H-pyrrole nitrogens is 1. The molecule has 6 heteroatoms. The van der Waals surface area contributed by atoms with Gasteiger partial charge >= 0.3 is 6.09 Å². The van der Waals surface area contributed by atoms with Crippen molar-refractivity contribution in [2.24, 2.45) is 5.92 Å². The highest BCUT2D eigenvalue weighted by Gasteiger charge is 2.39. The van der Waals surface area contributed by atoms with Gasteiger partial charge in [0.15, 0.2) is 0 Å². The first-order valence-electron chi connectivity index (χ1n) is 8.94. The van der Waals surface area contributed by atoms with Gasteiger partial charge in [0.2, 0.25) is 0 Å². The number of likely N-dealkylation sites (tertiary alicyclic amines) is 1. The van der Waals surface area contributed by atoms with Crippen molar-refractivity contribution in [2.45, 2.75) is 45.8 Å². The number of alkyl halides is 1. The summed E-state index contributed by atoms with van der Waals surface area (Å²) >= 11 is 0. The van der Waals surface area contributed by atoms with E-state index < -0.39 is 18.4 Å². The topological polar surface area (TPSA) is 58.2 Å². The number of carbonyl (C=O) groups is 1. The van der Waals surface area contributed by atoms with E-state index >= 15 is 0 Å². The van der Waals surface area contributed by atoms with Crippen molar-refractivity contribution in [3.05, 3.63) is 41.9 Å². The van der Waals surface area contributed by atoms with E-state index in [0.29, 0.717) is 18.8 Å². The summed E-state index contributed by atoms with van der Waals surface area (Å²) in [4.78, 5) is 21.9. The van der Waals surface area contributed by atoms with Gasteiger partial charge in [-0.25, -0.2) is 9.78 Å². The average Bonchev–Trinajstić information content (AvgIpc) is 3.20. The second kappa shape index (κ2) is 7.09. The van der Waals surface area contributed by atoms with E-state index in [4.69, 9.17) is 4.74 Å². The number of hydrogen-bond acceptors (Lipinski definition) is 3. The number of benzene rings is 1. The molecule has 1 aromatic carbocycles. The third-order valence-corrected chi connectivity index (χ3v) is 4.51. The molecule has 1 saturated heterocycles. The quantitative estimate of drug-likeness (QED) is 0.867. The van der Waals surface area contributed by atoms with Crippen molar-refractivity contribution in [3.63, 3.8) is 0 Å². The van der Waals surface area contributed by atoms with Gasteiger partial charge in [0.05, 0.1) is 24.6 Å². The summed E-state index contributed by atoms with van der Waals surface area (Å²) in [5.74, 6) is 0.475. The molecule has 26 heavy (non-hydrogen) atoms. The van der Waals surface area contributed by atoms with Crippen LogP contribution in [0.3, 0.4) is 0 Å². The Kier molecular flexibility index (Phi) is 5.03. The number of ether oxygens (including phenoxy) is 1. The van der Waals surface area contributed by atoms with E-state index in [0.717, 1.165) is 11.3 Å². The summed E-state index contributed by atoms with van der Waals surface area (Å²) < 4.78 is 18.8. The van der Waals surface area contributed by atoms with Gasteiger partial charge in [0.1, 0.15) is 11.4 Å². The Hall–Kier alpha value is -2.37. The molecule has 3 rings (SSSR count). The summed E-state index contributed by atoms with van der Waals surface area (Å²) in [6.07, 6.45) is 1.87. The van der Waals surface area contributed by atoms with Crippen molar-refractivity contribution in [2.75, 3.05) is 13.2 Å². The molecule has 1 fully saturated rings. The summed E-state index contributed by atoms with van der Waals surface area (Å²) in [5.41, 5.74) is 2.50. The SMILES string of the molecule is Cc1ccc(-c2cnc([C@@H]3C[C@H](CF)CN3C(=O)OC(C)(C)C)[nH]2)cc1. The Bertz CT molecular complexity index is 764. The van der Waals surface area contributed by atoms with E-state index in [1.165, 1.54) is 5.56 Å². The van der Waals surface area contributed by atoms with Crippen LogP contribution in [0.5, 0.6) is 0 Å². The number of rotatable bonds is 3. The molecule has 1 N–H and O–H groups in total. The normalized spacial score (nSPS) is 20.4. The van der Waals surface area contributed by atoms with Gasteiger partial charge in [-0.05, 0) is 39.7 Å². The van der Waals surface area contributed by atoms with Crippen LogP contribution in [0.25, 0.3) is 11.3 Å². The maximum Gasteiger partial charge on any atom is 0.410 e. The molecule has 2 aromatic rings. The number of carbonyl (C=O) groups excluding carboxylic acids is 1. The lowest BCUT2D eigenvalue weighted by molar-refractivity contribution is 0.0213. The Morgan fingerprint density at radius 1 is 1.35 bits per heavy atom. The van der Waals surface area contributed by atoms with Gasteiger partial charge in [-0.2, -0.15) is 0 Å². The van der Waals surface area contributed by atoms with Gasteiger partial charge in [0.25, 0.3) is 0 Å². The first kappa shape index (κ1) is 18.4. The molecular formula is C20H26FN3O2. The molecule has 140 valence electrons. The standard InChI is InChI=1S/C20H26FN3O2/c1-13-5-7-15(8-6-13)16-11-22-18(23-16)17-9-14(10-21)12-24(17)19(25)26-20(2,3)4/h5-8,11,14,17H,9-10,12H2,1-4H3,(H,22,23)/t14-,17+/m1/s1. The second-order valence-electron chi connectivity index (χ2n) is 7.95. The Labute approximate surface area is 153 Å². The lowest BCUT2D eigenvalue weighted by Gasteiger charge is -2.27. The summed E-state index contributed by atoms with van der Waals surface area (Å²) in [6.45, 7) is 7.40. The van der Waals surface area contributed by atoms with Crippen LogP contribution in [-0.4, -0.2) is 39.8 Å². The number of aryl methyl sites for hydroxylation is 1. The number of hydrogen-bond donors (Lipinski definition) is 1. The third-order valence-electron chi connectivity index (χ3n) is 4.51. The predicted octanol–water partition coefficient (Wildman–Crippen LogP) is 4.65. The fourth-order valence-corrected chi connectivity index (χ4v) is 3.20. The number of nitrogens with one attached hydrogen (secondary N) is 1. The molecule has 5 nitrogen and oxygen atoms in total. The molecule has 1 aliphatic heterocycles. The van der Waals surface area contributed by atoms with Crippen LogP contribution in [-0.2, 0) is 4.74 Å². The van der Waals surface area contributed by atoms with E-state index in [1.54, 1.807) is 11.1 Å². The fraction of sp³-hybridized carbons (Fsp3) is 0.500. The molecule has 0 saturated carbocycles. The molecule has 1 aliphatic rings. The highest BCUT2D eigenvalue weighted by atomic mass is 19.1. The van der Waals surface area contributed by atoms with Gasteiger partial charge < -0.3 is 9.72 Å². The number of aromatic amines is 1. The molecule has 0 radical (unpaired) electrons. The number of halogens is 1. The summed E-state index contributed by atoms with van der Waals surface area (Å²) in [7, 11) is 0. The Balaban J connectivity index is 1.83. The van der Waals surface area contributed by atoms with E-state index in [2.05, 4.69) is 9.97 Å². The molecular weight excluding hydrogens is 333 g/mol. The summed E-state index contributed by atoms with van der Waals surface area (Å²) in [5, 5.41) is 0. The van der Waals surface area contributed by atoms with Crippen molar-refractivity contribution in [3.8, 4) is 11.3 Å². The maximum atomic E-state index is 13.3. The number of imidazole rings is 1. The van der Waals surface area contributed by atoms with Crippen LogP contribution in [0.4, 0.5) is 9.18 Å². The molecule has 1 amide bonds. The lowest BCUT2D eigenvalue weighted by atomic mass is 10.1. The smallest absolute Gasteiger partial charge is 0.410 e. The molecule has 2 atom stereocenters. The van der Waals surface area contributed by atoms with Crippen LogP contribution >= 0.6 is 0 Å². The van der Waals surface area contributed by atoms with E-state index in [-0.39, 0.29) is 12.0 Å². The average molecular weight is 359 g/mol. The molecule has 2 heterocycles. The second-order valence-corrected chi connectivity index (χ2v) is 7.95. The van der Waals surface area contributed by atoms with Crippen LogP contribution in [0.2, 0.25) is 0 Å². The van der Waals surface area contributed by atoms with Gasteiger partial charge in [-0.3, -0.25) is 9.29 Å². The lowest BCUT2D eigenvalue weighted by Crippen LogP contribution is -2.37. The Morgan fingerprint density at radius 2 is 2.04 bits per heavy atom. The summed E-state index contributed by atoms with van der Waals surface area (Å²) in [6, 6.07) is 7.83. The van der Waals surface area contributed by atoms with Crippen LogP contribution < -0.4 is 0 Å². The number of aromatic nitrogens is 2. The molecule has 0 bridgehead atoms. The zero-order valence-corrected chi connectivity index (χ0v) is 15.8. The first-order chi connectivity index (χ1) is 12.3. The maximum absolute atomic E-state index is 13.3. The number of amides is 1. The number of nitrogens with zero attached hydrogens (tertiary/aromatic N) is 2. The zero-order chi connectivity index (χ0) is 18.9. The fourth-order valence-electron chi connectivity index (χ4n) is 3.20. The van der Waals surface area contributed by atoms with Gasteiger partial charge in [0, 0.05) is 12.5 Å². The van der Waals surface area contributed by atoms with Crippen molar-refractivity contribution < 1.29 is 13.9 Å². The monoisotopic (exact) mass is 359 g/mol. The largest absolute Gasteiger partial charge is 0.444 e. The predicted molar refractivity (Wildman–Crippen MR) is 98.5 cm³/mol. The minimum absolute atomic E-state index is 0.194. The van der Waals surface area contributed by atoms with Gasteiger partial charge in [-0.15, -0.1) is 0 Å². The molecule has 0 unspecified atom stereocenters. The third kappa shape index (κ3) is 4.06. The van der Waals surface area contributed by atoms with Gasteiger partial charge in [-0.1, -0.05) is 29.8 Å². The van der Waals surface area contributed by atoms with Crippen LogP contribution in [0, 0.1) is 12.8 Å². The zero-order valence-electron chi connectivity index (χ0n) is 15.8. The van der Waals surface area contributed by atoms with E-state index in [1.807, 2.05) is 52.0 Å². The minimum Gasteiger partial charge on any atom is -0.444 e. The van der Waals surface area contributed by atoms with Crippen molar-refractivity contribution in [1.29, 1.82) is 0 Å². The van der Waals surface area contributed by atoms with Crippen LogP contribution in [0.15, 0.2) is 30.5 Å². The van der Waals surface area contributed by atoms with Crippen molar-refractivity contribution >= 4 is 6.09 Å². The Morgan fingerprint density at radius 3 is 2.65 bits per heavy atom. The minimum atomic E-state index is -0.592. The van der Waals surface area contributed by atoms with Crippen molar-refractivity contribution in [1.82, 2.24) is 14.9 Å². The van der Waals surface area contributed by atoms with E-state index in [9.17, 15) is 9.18 Å². The molecule has 1 aromatic heterocycles. The highest BCUT2D eigenvalue weighted by Crippen LogP contribution is 2.36.